The van der Waals surface area contributed by atoms with Crippen molar-refractivity contribution in [2.24, 2.45) is 11.8 Å². The summed E-state index contributed by atoms with van der Waals surface area (Å²) >= 11 is 0. The molecule has 3 aromatic rings. The molecular weight excluding hydrogens is 518 g/mol. The highest BCUT2D eigenvalue weighted by molar-refractivity contribution is 5.87. The van der Waals surface area contributed by atoms with E-state index in [0.717, 1.165) is 27.8 Å². The molecule has 3 unspecified atom stereocenters. The number of carbonyl (C=O) groups excluding carboxylic acids is 2. The van der Waals surface area contributed by atoms with E-state index in [1.54, 1.807) is 6.92 Å². The van der Waals surface area contributed by atoms with Crippen LogP contribution in [0.25, 0.3) is 11.1 Å². The summed E-state index contributed by atoms with van der Waals surface area (Å²) in [7, 11) is 1.87. The van der Waals surface area contributed by atoms with Gasteiger partial charge in [-0.3, -0.25) is 14.5 Å². The zero-order valence-electron chi connectivity index (χ0n) is 24.0. The Bertz CT molecular complexity index is 1310. The van der Waals surface area contributed by atoms with E-state index in [-0.39, 0.29) is 25.0 Å². The van der Waals surface area contributed by atoms with Gasteiger partial charge < -0.3 is 20.5 Å². The summed E-state index contributed by atoms with van der Waals surface area (Å²) in [5.41, 5.74) is 5.52. The third-order valence-corrected chi connectivity index (χ3v) is 7.65. The molecule has 1 aliphatic carbocycles. The van der Waals surface area contributed by atoms with Crippen molar-refractivity contribution < 1.29 is 24.2 Å². The molecule has 1 aliphatic rings. The number of rotatable bonds is 12. The second-order valence-corrected chi connectivity index (χ2v) is 11.1. The van der Waals surface area contributed by atoms with Crippen LogP contribution in [-0.4, -0.2) is 60.3 Å². The number of carboxylic acids is 1. The van der Waals surface area contributed by atoms with Crippen molar-refractivity contribution in [2.75, 3.05) is 20.2 Å². The lowest BCUT2D eigenvalue weighted by atomic mass is 9.89. The van der Waals surface area contributed by atoms with Gasteiger partial charge in [-0.2, -0.15) is 0 Å². The van der Waals surface area contributed by atoms with Gasteiger partial charge in [0.2, 0.25) is 5.91 Å². The van der Waals surface area contributed by atoms with Gasteiger partial charge in [0, 0.05) is 25.0 Å². The normalized spacial score (nSPS) is 14.6. The zero-order chi connectivity index (χ0) is 29.5. The minimum absolute atomic E-state index is 0.108. The highest BCUT2D eigenvalue weighted by Crippen LogP contribution is 2.44. The van der Waals surface area contributed by atoms with Gasteiger partial charge in [0.1, 0.15) is 12.6 Å². The van der Waals surface area contributed by atoms with Crippen molar-refractivity contribution in [1.82, 2.24) is 15.5 Å². The fraction of sp³-hybridized carbons (Fsp3) is 0.364. The summed E-state index contributed by atoms with van der Waals surface area (Å²) in [5.74, 6) is -2.50. The first-order valence-corrected chi connectivity index (χ1v) is 14.0. The van der Waals surface area contributed by atoms with Crippen LogP contribution in [-0.2, 0) is 20.9 Å². The lowest BCUT2D eigenvalue weighted by molar-refractivity contribution is -0.144. The molecule has 0 saturated carbocycles. The molecule has 8 nitrogen and oxygen atoms in total. The maximum Gasteiger partial charge on any atom is 0.407 e. The third kappa shape index (κ3) is 7.32. The molecule has 0 spiro atoms. The van der Waals surface area contributed by atoms with Crippen molar-refractivity contribution >= 4 is 18.0 Å². The van der Waals surface area contributed by atoms with Crippen LogP contribution in [0.15, 0.2) is 78.9 Å². The van der Waals surface area contributed by atoms with Crippen molar-refractivity contribution in [1.29, 1.82) is 0 Å². The Labute approximate surface area is 241 Å². The van der Waals surface area contributed by atoms with Gasteiger partial charge in [0.15, 0.2) is 0 Å². The predicted octanol–water partition coefficient (Wildman–Crippen LogP) is 4.89. The van der Waals surface area contributed by atoms with Gasteiger partial charge in [0.25, 0.3) is 0 Å². The van der Waals surface area contributed by atoms with Crippen molar-refractivity contribution in [2.45, 2.75) is 45.3 Å². The quantitative estimate of drug-likeness (QED) is 0.293. The summed E-state index contributed by atoms with van der Waals surface area (Å²) in [6, 6.07) is 24.4. The van der Waals surface area contributed by atoms with Crippen LogP contribution in [0.2, 0.25) is 0 Å². The monoisotopic (exact) mass is 557 g/mol. The fourth-order valence-electron chi connectivity index (χ4n) is 5.74. The van der Waals surface area contributed by atoms with Gasteiger partial charge in [-0.25, -0.2) is 4.79 Å². The van der Waals surface area contributed by atoms with E-state index in [9.17, 15) is 19.5 Å². The second kappa shape index (κ2) is 13.5. The Morgan fingerprint density at radius 3 is 1.98 bits per heavy atom. The number of alkyl carbamates (subject to hydrolysis) is 1. The molecule has 41 heavy (non-hydrogen) atoms. The average molecular weight is 558 g/mol. The number of carboxylic acid groups (broad SMARTS) is 1. The third-order valence-electron chi connectivity index (χ3n) is 7.65. The molecule has 2 amide bonds. The largest absolute Gasteiger partial charge is 0.481 e. The summed E-state index contributed by atoms with van der Waals surface area (Å²) in [6.45, 7) is 6.18. The Morgan fingerprint density at radius 1 is 0.854 bits per heavy atom. The highest BCUT2D eigenvalue weighted by atomic mass is 16.5. The molecule has 0 radical (unpaired) electrons. The molecule has 4 rings (SSSR count). The van der Waals surface area contributed by atoms with Crippen LogP contribution < -0.4 is 10.6 Å². The molecule has 0 saturated heterocycles. The Hall–Kier alpha value is -4.17. The number of fused-ring (bicyclic) bond motifs is 3. The first-order chi connectivity index (χ1) is 19.7. The number of hydrogen-bond donors (Lipinski definition) is 3. The number of benzene rings is 3. The number of nitrogens with one attached hydrogen (secondary N) is 2. The molecule has 3 aromatic carbocycles. The van der Waals surface area contributed by atoms with E-state index >= 15 is 0 Å². The topological polar surface area (TPSA) is 108 Å². The van der Waals surface area contributed by atoms with Gasteiger partial charge >= 0.3 is 12.1 Å². The van der Waals surface area contributed by atoms with Crippen LogP contribution in [0.1, 0.15) is 43.4 Å². The van der Waals surface area contributed by atoms with E-state index in [1.807, 2.05) is 92.5 Å². The standard InChI is InChI=1S/C33H39N3O5/c1-21(2)30(32(38)39)22(3)34-31(37)29(19-36(4)18-23-12-6-5-7-13-23)35-33(40)41-20-28-26-16-10-8-14-24(26)25-15-9-11-17-27(25)28/h5-17,21-22,28-30H,18-20H2,1-4H3,(H,34,37)(H,35,40)(H,38,39). The number of carbonyl (C=O) groups is 3. The number of nitrogens with zero attached hydrogens (tertiary/aromatic N) is 1. The van der Waals surface area contributed by atoms with Crippen LogP contribution in [0, 0.1) is 11.8 Å². The maximum absolute atomic E-state index is 13.4. The summed E-state index contributed by atoms with van der Waals surface area (Å²) in [4.78, 5) is 40.3. The number of amides is 2. The minimum atomic E-state index is -0.977. The van der Waals surface area contributed by atoms with E-state index in [2.05, 4.69) is 22.8 Å². The molecule has 0 bridgehead atoms. The maximum atomic E-state index is 13.4. The zero-order valence-corrected chi connectivity index (χ0v) is 24.0. The lowest BCUT2D eigenvalue weighted by Gasteiger charge is -2.29. The van der Waals surface area contributed by atoms with E-state index < -0.39 is 36.0 Å². The first kappa shape index (κ1) is 29.8. The summed E-state index contributed by atoms with van der Waals surface area (Å²) in [5, 5.41) is 15.3. The fourth-order valence-corrected chi connectivity index (χ4v) is 5.74. The van der Waals surface area contributed by atoms with Gasteiger partial charge in [0.05, 0.1) is 5.92 Å². The first-order valence-electron chi connectivity index (χ1n) is 14.0. The van der Waals surface area contributed by atoms with Gasteiger partial charge in [-0.15, -0.1) is 0 Å². The van der Waals surface area contributed by atoms with Crippen molar-refractivity contribution in [3.8, 4) is 11.1 Å². The molecule has 0 aliphatic heterocycles. The molecule has 3 N–H and O–H groups in total. The van der Waals surface area contributed by atoms with Crippen LogP contribution in [0.4, 0.5) is 4.79 Å². The smallest absolute Gasteiger partial charge is 0.407 e. The Morgan fingerprint density at radius 2 is 1.41 bits per heavy atom. The number of ether oxygens (including phenoxy) is 1. The molecular formula is C33H39N3O5. The van der Waals surface area contributed by atoms with E-state index in [1.165, 1.54) is 0 Å². The van der Waals surface area contributed by atoms with Crippen LogP contribution in [0.5, 0.6) is 0 Å². The van der Waals surface area contributed by atoms with Gasteiger partial charge in [-0.1, -0.05) is 92.7 Å². The second-order valence-electron chi connectivity index (χ2n) is 11.1. The molecule has 216 valence electrons. The highest BCUT2D eigenvalue weighted by Gasteiger charge is 2.33. The summed E-state index contributed by atoms with van der Waals surface area (Å²) < 4.78 is 5.71. The van der Waals surface area contributed by atoms with Gasteiger partial charge in [-0.05, 0) is 47.7 Å². The molecule has 8 heteroatoms. The SMILES string of the molecule is CC(C)C(C(=O)O)C(C)NC(=O)C(CN(C)Cc1ccccc1)NC(=O)OCC1c2ccccc2-c2ccccc21. The average Bonchev–Trinajstić information content (AvgIpc) is 3.25. The molecule has 0 fully saturated rings. The summed E-state index contributed by atoms with van der Waals surface area (Å²) in [6.07, 6.45) is -0.702. The lowest BCUT2D eigenvalue weighted by Crippen LogP contribution is -2.55. The number of likely N-dealkylation sites (N-methyl/N-ethyl adjacent to an activating group) is 1. The van der Waals surface area contributed by atoms with Crippen molar-refractivity contribution in [3.05, 3.63) is 95.6 Å². The minimum Gasteiger partial charge on any atom is -0.481 e. The number of aliphatic carboxylic acids is 1. The van der Waals surface area contributed by atoms with Crippen molar-refractivity contribution in [3.63, 3.8) is 0 Å². The number of hydrogen-bond acceptors (Lipinski definition) is 5. The molecule has 0 aromatic heterocycles. The van der Waals surface area contributed by atoms with E-state index in [0.29, 0.717) is 6.54 Å². The molecule has 3 atom stereocenters. The van der Waals surface area contributed by atoms with E-state index in [4.69, 9.17) is 4.74 Å². The predicted molar refractivity (Wildman–Crippen MR) is 158 cm³/mol. The molecule has 0 heterocycles. The van der Waals surface area contributed by atoms with Crippen LogP contribution in [0.3, 0.4) is 0 Å². The Balaban J connectivity index is 1.45. The van der Waals surface area contributed by atoms with Crippen LogP contribution >= 0.6 is 0 Å². The Kier molecular flexibility index (Phi) is 9.78.